The van der Waals surface area contributed by atoms with Gasteiger partial charge in [-0.2, -0.15) is 0 Å². The van der Waals surface area contributed by atoms with Crippen molar-refractivity contribution in [2.24, 2.45) is 0 Å². The van der Waals surface area contributed by atoms with E-state index in [2.05, 4.69) is 22.1 Å². The van der Waals surface area contributed by atoms with Crippen molar-refractivity contribution >= 4 is 11.6 Å². The second-order valence-corrected chi connectivity index (χ2v) is 5.76. The molecular formula is C16H20N4O. The van der Waals surface area contributed by atoms with Gasteiger partial charge in [-0.3, -0.25) is 9.20 Å². The quantitative estimate of drug-likeness (QED) is 0.876. The van der Waals surface area contributed by atoms with E-state index in [1.807, 2.05) is 28.8 Å². The van der Waals surface area contributed by atoms with Gasteiger partial charge in [-0.25, -0.2) is 0 Å². The van der Waals surface area contributed by atoms with E-state index < -0.39 is 0 Å². The van der Waals surface area contributed by atoms with Crippen molar-refractivity contribution in [3.05, 3.63) is 42.9 Å². The van der Waals surface area contributed by atoms with E-state index in [0.29, 0.717) is 6.42 Å². The molecule has 1 fully saturated rings. The van der Waals surface area contributed by atoms with Crippen molar-refractivity contribution in [1.82, 2.24) is 19.9 Å². The zero-order valence-electron chi connectivity index (χ0n) is 12.1. The van der Waals surface area contributed by atoms with E-state index in [4.69, 9.17) is 0 Å². The molecule has 2 aromatic rings. The maximum Gasteiger partial charge on any atom is 0.243 e. The lowest BCUT2D eigenvalue weighted by Gasteiger charge is -2.37. The Labute approximate surface area is 124 Å². The summed E-state index contributed by atoms with van der Waals surface area (Å²) < 4.78 is 2.00. The van der Waals surface area contributed by atoms with Crippen LogP contribution in [0.4, 0.5) is 0 Å². The second-order valence-electron chi connectivity index (χ2n) is 5.76. The molecule has 1 N–H and O–H groups in total. The van der Waals surface area contributed by atoms with Gasteiger partial charge in [0, 0.05) is 18.2 Å². The molecule has 0 bridgehead atoms. The minimum Gasteiger partial charge on any atom is -0.347 e. The van der Waals surface area contributed by atoms with Gasteiger partial charge in [0.1, 0.15) is 5.82 Å². The standard InChI is InChI=1S/C16H20N4O/c1-2-15(21)17-16(9-5-3-6-10-16)12-14-19-18-13-8-4-7-11-20(13)14/h2,4,7-8,11H,1,3,5-6,9-10,12H2,(H,17,21). The van der Waals surface area contributed by atoms with Gasteiger partial charge >= 0.3 is 0 Å². The van der Waals surface area contributed by atoms with Crippen LogP contribution in [0.3, 0.4) is 0 Å². The fraction of sp³-hybridized carbons (Fsp3) is 0.438. The largest absolute Gasteiger partial charge is 0.347 e. The zero-order chi connectivity index (χ0) is 14.7. The highest BCUT2D eigenvalue weighted by atomic mass is 16.1. The maximum atomic E-state index is 11.8. The fourth-order valence-corrected chi connectivity index (χ4v) is 3.20. The number of aromatic nitrogens is 3. The molecular weight excluding hydrogens is 264 g/mol. The Kier molecular flexibility index (Phi) is 3.73. The van der Waals surface area contributed by atoms with Crippen LogP contribution in [0.15, 0.2) is 37.1 Å². The van der Waals surface area contributed by atoms with Crippen LogP contribution in [0.1, 0.15) is 37.9 Å². The van der Waals surface area contributed by atoms with Crippen LogP contribution in [0.25, 0.3) is 5.65 Å². The molecule has 1 saturated carbocycles. The van der Waals surface area contributed by atoms with Gasteiger partial charge in [0.25, 0.3) is 0 Å². The van der Waals surface area contributed by atoms with Crippen LogP contribution in [0.5, 0.6) is 0 Å². The predicted molar refractivity (Wildman–Crippen MR) is 80.8 cm³/mol. The molecule has 0 atom stereocenters. The van der Waals surface area contributed by atoms with Gasteiger partial charge < -0.3 is 5.32 Å². The lowest BCUT2D eigenvalue weighted by atomic mass is 9.79. The molecule has 2 aromatic heterocycles. The van der Waals surface area contributed by atoms with Crippen LogP contribution in [0, 0.1) is 0 Å². The number of pyridine rings is 1. The highest BCUT2D eigenvalue weighted by Gasteiger charge is 2.34. The molecule has 1 aliphatic carbocycles. The molecule has 2 heterocycles. The summed E-state index contributed by atoms with van der Waals surface area (Å²) in [4.78, 5) is 11.8. The zero-order valence-corrected chi connectivity index (χ0v) is 12.1. The van der Waals surface area contributed by atoms with E-state index in [1.54, 1.807) is 0 Å². The lowest BCUT2D eigenvalue weighted by molar-refractivity contribution is -0.118. The van der Waals surface area contributed by atoms with Crippen molar-refractivity contribution in [2.75, 3.05) is 0 Å². The topological polar surface area (TPSA) is 59.3 Å². The summed E-state index contributed by atoms with van der Waals surface area (Å²) >= 11 is 0. The number of nitrogens with zero attached hydrogens (tertiary/aromatic N) is 3. The molecule has 110 valence electrons. The van der Waals surface area contributed by atoms with Gasteiger partial charge in [-0.1, -0.05) is 31.9 Å². The molecule has 0 aromatic carbocycles. The SMILES string of the molecule is C=CC(=O)NC1(Cc2nnc3ccccn23)CCCCC1. The maximum absolute atomic E-state index is 11.8. The van der Waals surface area contributed by atoms with Crippen LogP contribution < -0.4 is 5.32 Å². The number of fused-ring (bicyclic) bond motifs is 1. The Morgan fingerprint density at radius 1 is 1.33 bits per heavy atom. The van der Waals surface area contributed by atoms with Crippen molar-refractivity contribution in [3.63, 3.8) is 0 Å². The number of carbonyl (C=O) groups excluding carboxylic acids is 1. The first-order chi connectivity index (χ1) is 10.2. The van der Waals surface area contributed by atoms with E-state index in [9.17, 15) is 4.79 Å². The number of amides is 1. The summed E-state index contributed by atoms with van der Waals surface area (Å²) in [6, 6.07) is 5.85. The fourth-order valence-electron chi connectivity index (χ4n) is 3.20. The third-order valence-electron chi connectivity index (χ3n) is 4.27. The molecule has 3 rings (SSSR count). The van der Waals surface area contributed by atoms with E-state index in [-0.39, 0.29) is 11.4 Å². The number of hydrogen-bond donors (Lipinski definition) is 1. The summed E-state index contributed by atoms with van der Waals surface area (Å²) in [6.45, 7) is 3.56. The lowest BCUT2D eigenvalue weighted by Crippen LogP contribution is -2.51. The Morgan fingerprint density at radius 2 is 2.14 bits per heavy atom. The molecule has 5 nitrogen and oxygen atoms in total. The summed E-state index contributed by atoms with van der Waals surface area (Å²) in [5, 5.41) is 11.6. The molecule has 1 aliphatic rings. The second kappa shape index (κ2) is 5.68. The first-order valence-corrected chi connectivity index (χ1v) is 7.46. The van der Waals surface area contributed by atoms with Gasteiger partial charge in [-0.15, -0.1) is 10.2 Å². The molecule has 0 unspecified atom stereocenters. The first-order valence-electron chi connectivity index (χ1n) is 7.46. The monoisotopic (exact) mass is 284 g/mol. The number of hydrogen-bond acceptors (Lipinski definition) is 3. The summed E-state index contributed by atoms with van der Waals surface area (Å²) in [6.07, 6.45) is 9.48. The molecule has 1 amide bonds. The number of carbonyl (C=O) groups is 1. The van der Waals surface area contributed by atoms with Crippen LogP contribution in [-0.2, 0) is 11.2 Å². The summed E-state index contributed by atoms with van der Waals surface area (Å²) in [7, 11) is 0. The Balaban J connectivity index is 1.90. The van der Waals surface area contributed by atoms with Gasteiger partial charge in [0.2, 0.25) is 5.91 Å². The molecule has 0 radical (unpaired) electrons. The Hall–Kier alpha value is -2.17. The number of nitrogens with one attached hydrogen (secondary N) is 1. The average molecular weight is 284 g/mol. The summed E-state index contributed by atoms with van der Waals surface area (Å²) in [5.74, 6) is 0.794. The third-order valence-corrected chi connectivity index (χ3v) is 4.27. The van der Waals surface area contributed by atoms with Crippen LogP contribution >= 0.6 is 0 Å². The number of rotatable bonds is 4. The van der Waals surface area contributed by atoms with Crippen molar-refractivity contribution in [1.29, 1.82) is 0 Å². The third kappa shape index (κ3) is 2.82. The smallest absolute Gasteiger partial charge is 0.243 e. The molecule has 5 heteroatoms. The molecule has 21 heavy (non-hydrogen) atoms. The predicted octanol–water partition coefficient (Wildman–Crippen LogP) is 2.28. The van der Waals surface area contributed by atoms with E-state index >= 15 is 0 Å². The van der Waals surface area contributed by atoms with Crippen molar-refractivity contribution in [2.45, 2.75) is 44.1 Å². The summed E-state index contributed by atoms with van der Waals surface area (Å²) in [5.41, 5.74) is 0.621. The average Bonchev–Trinajstić information content (AvgIpc) is 2.91. The van der Waals surface area contributed by atoms with Gasteiger partial charge in [-0.05, 0) is 31.1 Å². The Bertz CT molecular complexity index is 655. The Morgan fingerprint density at radius 3 is 2.90 bits per heavy atom. The molecule has 0 saturated heterocycles. The minimum absolute atomic E-state index is 0.106. The van der Waals surface area contributed by atoms with Gasteiger partial charge in [0.05, 0.1) is 0 Å². The highest BCUT2D eigenvalue weighted by molar-refractivity contribution is 5.87. The van der Waals surface area contributed by atoms with Gasteiger partial charge in [0.15, 0.2) is 5.65 Å². The molecule has 0 aliphatic heterocycles. The van der Waals surface area contributed by atoms with E-state index in [0.717, 1.165) is 37.2 Å². The van der Waals surface area contributed by atoms with E-state index in [1.165, 1.54) is 12.5 Å². The molecule has 0 spiro atoms. The van der Waals surface area contributed by atoms with Crippen LogP contribution in [0.2, 0.25) is 0 Å². The van der Waals surface area contributed by atoms with Crippen molar-refractivity contribution < 1.29 is 4.79 Å². The van der Waals surface area contributed by atoms with Crippen LogP contribution in [-0.4, -0.2) is 26.0 Å². The highest BCUT2D eigenvalue weighted by Crippen LogP contribution is 2.31. The first kappa shape index (κ1) is 13.8. The van der Waals surface area contributed by atoms with Crippen molar-refractivity contribution in [3.8, 4) is 0 Å². The minimum atomic E-state index is -0.220. The normalized spacial score (nSPS) is 17.5.